The Kier molecular flexibility index (Phi) is 4.76. The molecule has 23 heavy (non-hydrogen) atoms. The highest BCUT2D eigenvalue weighted by atomic mass is 16.2. The number of rotatable bonds is 4. The van der Waals surface area contributed by atoms with E-state index in [1.165, 1.54) is 25.9 Å². The van der Waals surface area contributed by atoms with E-state index >= 15 is 0 Å². The Hall–Kier alpha value is -1.36. The van der Waals surface area contributed by atoms with Crippen LogP contribution < -0.4 is 0 Å². The normalized spacial score (nSPS) is 22.0. The Morgan fingerprint density at radius 3 is 2.48 bits per heavy atom. The lowest BCUT2D eigenvalue weighted by Gasteiger charge is -2.45. The summed E-state index contributed by atoms with van der Waals surface area (Å²) in [5.74, 6) is 0.632. The number of piperidine rings is 1. The molecule has 0 unspecified atom stereocenters. The zero-order valence-corrected chi connectivity index (χ0v) is 14.8. The minimum atomic E-state index is 0.145. The lowest BCUT2D eigenvalue weighted by molar-refractivity contribution is 0.0397. The van der Waals surface area contributed by atoms with E-state index in [2.05, 4.69) is 30.8 Å². The van der Waals surface area contributed by atoms with Gasteiger partial charge >= 0.3 is 0 Å². The van der Waals surface area contributed by atoms with E-state index < -0.39 is 0 Å². The van der Waals surface area contributed by atoms with E-state index in [0.717, 1.165) is 38.2 Å². The summed E-state index contributed by atoms with van der Waals surface area (Å²) in [5, 5.41) is 4.32. The Bertz CT molecular complexity index is 537. The van der Waals surface area contributed by atoms with Crippen molar-refractivity contribution in [2.75, 3.05) is 26.2 Å². The van der Waals surface area contributed by atoms with Gasteiger partial charge in [0.15, 0.2) is 0 Å². The first-order chi connectivity index (χ1) is 11.0. The molecule has 1 amide bonds. The van der Waals surface area contributed by atoms with Crippen LogP contribution in [0.3, 0.4) is 0 Å². The van der Waals surface area contributed by atoms with Gasteiger partial charge in [0.05, 0.1) is 0 Å². The average Bonchev–Trinajstić information content (AvgIpc) is 3.18. The third kappa shape index (κ3) is 3.44. The molecule has 0 aliphatic carbocycles. The van der Waals surface area contributed by atoms with Crippen molar-refractivity contribution in [3.8, 4) is 0 Å². The second-order valence-corrected chi connectivity index (χ2v) is 7.78. The molecule has 0 spiro atoms. The molecular formula is C18H30N4O. The fourth-order valence-corrected chi connectivity index (χ4v) is 3.93. The van der Waals surface area contributed by atoms with E-state index in [1.807, 2.05) is 15.6 Å². The molecule has 0 aromatic carbocycles. The van der Waals surface area contributed by atoms with Gasteiger partial charge in [-0.15, -0.1) is 0 Å². The third-order valence-electron chi connectivity index (χ3n) is 5.47. The molecule has 2 aliphatic rings. The van der Waals surface area contributed by atoms with Gasteiger partial charge in [-0.1, -0.05) is 13.8 Å². The Balaban J connectivity index is 1.63. The maximum absolute atomic E-state index is 12.8. The fraction of sp³-hybridized carbons (Fsp3) is 0.778. The maximum Gasteiger partial charge on any atom is 0.272 e. The molecular weight excluding hydrogens is 288 g/mol. The molecule has 0 radical (unpaired) electrons. The summed E-state index contributed by atoms with van der Waals surface area (Å²) in [6, 6.07) is 1.86. The quantitative estimate of drug-likeness (QED) is 0.857. The highest BCUT2D eigenvalue weighted by Crippen LogP contribution is 2.31. The number of nitrogens with zero attached hydrogens (tertiary/aromatic N) is 4. The van der Waals surface area contributed by atoms with Gasteiger partial charge in [-0.05, 0) is 57.7 Å². The largest absolute Gasteiger partial charge is 0.337 e. The molecule has 0 bridgehead atoms. The summed E-state index contributed by atoms with van der Waals surface area (Å²) < 4.78 is 1.86. The number of aromatic nitrogens is 2. The van der Waals surface area contributed by atoms with Crippen molar-refractivity contribution >= 4 is 5.91 Å². The van der Waals surface area contributed by atoms with Crippen LogP contribution in [0.1, 0.15) is 56.9 Å². The number of carbonyl (C=O) groups excluding carboxylic acids is 1. The van der Waals surface area contributed by atoms with Crippen molar-refractivity contribution in [2.24, 2.45) is 5.92 Å². The molecule has 2 aliphatic heterocycles. The second kappa shape index (κ2) is 6.63. The highest BCUT2D eigenvalue weighted by molar-refractivity contribution is 5.92. The average molecular weight is 318 g/mol. The van der Waals surface area contributed by atoms with E-state index in [9.17, 15) is 4.79 Å². The standard InChI is InChI=1S/C18H30N4O/c1-15(2)14-22-16(6-9-19-22)17(23)20-12-7-18(3,8-13-20)21-10-4-5-11-21/h6,9,15H,4-5,7-8,10-14H2,1-3H3. The van der Waals surface area contributed by atoms with Crippen LogP contribution in [0.25, 0.3) is 0 Å². The first-order valence-electron chi connectivity index (χ1n) is 9.06. The Morgan fingerprint density at radius 1 is 1.22 bits per heavy atom. The predicted molar refractivity (Wildman–Crippen MR) is 91.4 cm³/mol. The van der Waals surface area contributed by atoms with Gasteiger partial charge in [0.1, 0.15) is 5.69 Å². The van der Waals surface area contributed by atoms with E-state index in [0.29, 0.717) is 5.92 Å². The van der Waals surface area contributed by atoms with Crippen LogP contribution in [-0.4, -0.2) is 57.2 Å². The molecule has 0 N–H and O–H groups in total. The van der Waals surface area contributed by atoms with E-state index in [-0.39, 0.29) is 11.4 Å². The van der Waals surface area contributed by atoms with Crippen molar-refractivity contribution in [3.05, 3.63) is 18.0 Å². The monoisotopic (exact) mass is 318 g/mol. The van der Waals surface area contributed by atoms with Crippen LogP contribution in [0.4, 0.5) is 0 Å². The van der Waals surface area contributed by atoms with Gasteiger partial charge < -0.3 is 4.90 Å². The number of amides is 1. The summed E-state index contributed by atoms with van der Waals surface area (Å²) >= 11 is 0. The van der Waals surface area contributed by atoms with Gasteiger partial charge in [0.2, 0.25) is 0 Å². The van der Waals surface area contributed by atoms with Gasteiger partial charge in [-0.2, -0.15) is 5.10 Å². The summed E-state index contributed by atoms with van der Waals surface area (Å²) in [5.41, 5.74) is 1.02. The van der Waals surface area contributed by atoms with Gasteiger partial charge in [0, 0.05) is 31.4 Å². The van der Waals surface area contributed by atoms with Crippen LogP contribution in [0.2, 0.25) is 0 Å². The molecule has 2 fully saturated rings. The smallest absolute Gasteiger partial charge is 0.272 e. The SMILES string of the molecule is CC(C)Cn1nccc1C(=O)N1CCC(C)(N2CCCC2)CC1. The number of likely N-dealkylation sites (tertiary alicyclic amines) is 2. The Labute approximate surface area is 139 Å². The second-order valence-electron chi connectivity index (χ2n) is 7.78. The van der Waals surface area contributed by atoms with Gasteiger partial charge in [-0.25, -0.2) is 0 Å². The maximum atomic E-state index is 12.8. The highest BCUT2D eigenvalue weighted by Gasteiger charge is 2.38. The molecule has 3 rings (SSSR count). The topological polar surface area (TPSA) is 41.4 Å². The lowest BCUT2D eigenvalue weighted by atomic mass is 9.88. The van der Waals surface area contributed by atoms with Crippen LogP contribution in [0.15, 0.2) is 12.3 Å². The number of hydrogen-bond acceptors (Lipinski definition) is 3. The zero-order valence-electron chi connectivity index (χ0n) is 14.8. The minimum Gasteiger partial charge on any atom is -0.337 e. The number of carbonyl (C=O) groups is 1. The minimum absolute atomic E-state index is 0.145. The van der Waals surface area contributed by atoms with Crippen molar-refractivity contribution in [3.63, 3.8) is 0 Å². The van der Waals surface area contributed by atoms with Crippen molar-refractivity contribution in [2.45, 2.75) is 58.5 Å². The number of hydrogen-bond donors (Lipinski definition) is 0. The summed E-state index contributed by atoms with van der Waals surface area (Å²) in [6.45, 7) is 11.7. The molecule has 1 aromatic heterocycles. The fourth-order valence-electron chi connectivity index (χ4n) is 3.93. The summed E-state index contributed by atoms with van der Waals surface area (Å²) in [4.78, 5) is 17.5. The van der Waals surface area contributed by atoms with E-state index in [4.69, 9.17) is 0 Å². The molecule has 0 atom stereocenters. The summed E-state index contributed by atoms with van der Waals surface area (Å²) in [6.07, 6.45) is 6.56. The van der Waals surface area contributed by atoms with Crippen molar-refractivity contribution in [1.29, 1.82) is 0 Å². The van der Waals surface area contributed by atoms with Crippen molar-refractivity contribution < 1.29 is 4.79 Å². The third-order valence-corrected chi connectivity index (χ3v) is 5.47. The predicted octanol–water partition coefficient (Wildman–Crippen LogP) is 2.63. The Morgan fingerprint density at radius 2 is 1.87 bits per heavy atom. The van der Waals surface area contributed by atoms with Crippen molar-refractivity contribution in [1.82, 2.24) is 19.6 Å². The van der Waals surface area contributed by atoms with Crippen LogP contribution in [0.5, 0.6) is 0 Å². The van der Waals surface area contributed by atoms with E-state index in [1.54, 1.807) is 6.20 Å². The molecule has 3 heterocycles. The molecule has 5 heteroatoms. The molecule has 5 nitrogen and oxygen atoms in total. The molecule has 0 saturated carbocycles. The summed E-state index contributed by atoms with van der Waals surface area (Å²) in [7, 11) is 0. The van der Waals surface area contributed by atoms with Crippen LogP contribution in [-0.2, 0) is 6.54 Å². The van der Waals surface area contributed by atoms with Crippen LogP contribution in [0, 0.1) is 5.92 Å². The van der Waals surface area contributed by atoms with Crippen LogP contribution >= 0.6 is 0 Å². The zero-order chi connectivity index (χ0) is 16.4. The van der Waals surface area contributed by atoms with Gasteiger partial charge in [0.25, 0.3) is 5.91 Å². The molecule has 128 valence electrons. The van der Waals surface area contributed by atoms with Gasteiger partial charge in [-0.3, -0.25) is 14.4 Å². The molecule has 2 saturated heterocycles. The lowest BCUT2D eigenvalue weighted by Crippen LogP contribution is -2.53. The first kappa shape index (κ1) is 16.5. The first-order valence-corrected chi connectivity index (χ1v) is 9.06. The molecule has 1 aromatic rings.